The Kier molecular flexibility index (Phi) is 6.80. The van der Waals surface area contributed by atoms with E-state index in [2.05, 4.69) is 15.6 Å². The summed E-state index contributed by atoms with van der Waals surface area (Å²) in [6.07, 6.45) is 2.28. The maximum absolute atomic E-state index is 11.7. The summed E-state index contributed by atoms with van der Waals surface area (Å²) in [6, 6.07) is -1.42. The fraction of sp³-hybridized carbons (Fsp3) is 0.583. The van der Waals surface area contributed by atoms with Crippen molar-refractivity contribution in [2.45, 2.75) is 32.2 Å². The first-order chi connectivity index (χ1) is 9.43. The van der Waals surface area contributed by atoms with Gasteiger partial charge in [0.05, 0.1) is 5.69 Å². The van der Waals surface area contributed by atoms with Crippen molar-refractivity contribution in [3.05, 3.63) is 11.1 Å². The molecule has 1 atom stereocenters. The summed E-state index contributed by atoms with van der Waals surface area (Å²) < 4.78 is 0. The normalized spacial score (nSPS) is 12.2. The van der Waals surface area contributed by atoms with Gasteiger partial charge in [-0.25, -0.2) is 14.6 Å². The average molecular weight is 317 g/mol. The minimum Gasteiger partial charge on any atom is -0.480 e. The lowest BCUT2D eigenvalue weighted by Gasteiger charge is -2.13. The maximum atomic E-state index is 11.7. The third-order valence-electron chi connectivity index (χ3n) is 2.55. The number of carbonyl (C=O) groups is 2. The Hall–Kier alpha value is -1.28. The summed E-state index contributed by atoms with van der Waals surface area (Å²) in [5.41, 5.74) is 0.905. The van der Waals surface area contributed by atoms with Gasteiger partial charge in [0.25, 0.3) is 0 Å². The van der Waals surface area contributed by atoms with E-state index in [1.165, 1.54) is 23.1 Å². The zero-order valence-corrected chi connectivity index (χ0v) is 13.3. The molecule has 0 unspecified atom stereocenters. The van der Waals surface area contributed by atoms with Crippen LogP contribution < -0.4 is 10.6 Å². The molecule has 0 saturated carbocycles. The molecule has 112 valence electrons. The SMILES string of the molecule is CSCC[C@@H](NC(=O)Nc1nc(C(C)C)cs1)C(=O)O. The smallest absolute Gasteiger partial charge is 0.326 e. The van der Waals surface area contributed by atoms with E-state index in [1.54, 1.807) is 0 Å². The van der Waals surface area contributed by atoms with Gasteiger partial charge in [0, 0.05) is 5.38 Å². The number of carboxylic acid groups (broad SMARTS) is 1. The molecule has 0 aliphatic rings. The predicted molar refractivity (Wildman–Crippen MR) is 82.8 cm³/mol. The van der Waals surface area contributed by atoms with Crippen LogP contribution in [-0.2, 0) is 4.79 Å². The number of rotatable bonds is 7. The van der Waals surface area contributed by atoms with Crippen LogP contribution in [0.5, 0.6) is 0 Å². The summed E-state index contributed by atoms with van der Waals surface area (Å²) >= 11 is 2.86. The second-order valence-corrected chi connectivity index (χ2v) is 6.35. The Bertz CT molecular complexity index is 463. The lowest BCUT2D eigenvalue weighted by Crippen LogP contribution is -2.43. The number of hydrogen-bond donors (Lipinski definition) is 3. The quantitative estimate of drug-likeness (QED) is 0.719. The summed E-state index contributed by atoms with van der Waals surface area (Å²) in [5.74, 6) is -0.0687. The minimum atomic E-state index is -1.03. The van der Waals surface area contributed by atoms with Gasteiger partial charge in [-0.3, -0.25) is 5.32 Å². The van der Waals surface area contributed by atoms with Crippen molar-refractivity contribution in [1.82, 2.24) is 10.3 Å². The summed E-state index contributed by atoms with van der Waals surface area (Å²) in [7, 11) is 0. The van der Waals surface area contributed by atoms with Crippen LogP contribution in [0.1, 0.15) is 31.9 Å². The van der Waals surface area contributed by atoms with Gasteiger partial charge in [-0.05, 0) is 24.3 Å². The van der Waals surface area contributed by atoms with Gasteiger partial charge in [0.15, 0.2) is 5.13 Å². The molecule has 0 fully saturated rings. The molecule has 1 aromatic heterocycles. The molecule has 20 heavy (non-hydrogen) atoms. The number of urea groups is 1. The van der Waals surface area contributed by atoms with Crippen LogP contribution in [0.25, 0.3) is 0 Å². The van der Waals surface area contributed by atoms with Gasteiger partial charge in [-0.2, -0.15) is 11.8 Å². The minimum absolute atomic E-state index is 0.290. The number of anilines is 1. The zero-order valence-electron chi connectivity index (χ0n) is 11.7. The number of aliphatic carboxylic acids is 1. The molecule has 6 nitrogen and oxygen atoms in total. The molecule has 0 radical (unpaired) electrons. The summed E-state index contributed by atoms with van der Waals surface area (Å²) in [6.45, 7) is 4.03. The molecule has 0 spiro atoms. The fourth-order valence-corrected chi connectivity index (χ4v) is 2.73. The Morgan fingerprint density at radius 3 is 2.70 bits per heavy atom. The van der Waals surface area contributed by atoms with E-state index < -0.39 is 18.0 Å². The van der Waals surface area contributed by atoms with Crippen LogP contribution in [0.15, 0.2) is 5.38 Å². The van der Waals surface area contributed by atoms with E-state index in [4.69, 9.17) is 5.11 Å². The molecule has 2 amide bonds. The molecule has 0 bridgehead atoms. The highest BCUT2D eigenvalue weighted by atomic mass is 32.2. The first kappa shape index (κ1) is 16.8. The molecule has 1 heterocycles. The second-order valence-electron chi connectivity index (χ2n) is 4.50. The Morgan fingerprint density at radius 2 is 2.20 bits per heavy atom. The van der Waals surface area contributed by atoms with Gasteiger partial charge >= 0.3 is 12.0 Å². The lowest BCUT2D eigenvalue weighted by atomic mass is 10.2. The van der Waals surface area contributed by atoms with Crippen LogP contribution in [0, 0.1) is 0 Å². The predicted octanol–water partition coefficient (Wildman–Crippen LogP) is 2.59. The maximum Gasteiger partial charge on any atom is 0.326 e. The highest BCUT2D eigenvalue weighted by molar-refractivity contribution is 7.98. The van der Waals surface area contributed by atoms with Gasteiger partial charge in [-0.1, -0.05) is 13.8 Å². The molecule has 0 aliphatic carbocycles. The van der Waals surface area contributed by atoms with Crippen molar-refractivity contribution >= 4 is 40.2 Å². The zero-order chi connectivity index (χ0) is 15.1. The molecule has 1 aromatic rings. The third-order valence-corrected chi connectivity index (χ3v) is 3.97. The Labute approximate surface area is 126 Å². The first-order valence-electron chi connectivity index (χ1n) is 6.18. The number of carboxylic acids is 1. The molecular formula is C12H19N3O3S2. The van der Waals surface area contributed by atoms with Crippen molar-refractivity contribution in [3.8, 4) is 0 Å². The van der Waals surface area contributed by atoms with E-state index in [0.29, 0.717) is 23.2 Å². The first-order valence-corrected chi connectivity index (χ1v) is 8.46. The van der Waals surface area contributed by atoms with Gasteiger partial charge in [0.1, 0.15) is 6.04 Å². The molecule has 1 rings (SSSR count). The van der Waals surface area contributed by atoms with Gasteiger partial charge < -0.3 is 10.4 Å². The monoisotopic (exact) mass is 317 g/mol. The van der Waals surface area contributed by atoms with Crippen molar-refractivity contribution in [1.29, 1.82) is 0 Å². The Morgan fingerprint density at radius 1 is 1.50 bits per heavy atom. The van der Waals surface area contributed by atoms with E-state index in [9.17, 15) is 9.59 Å². The average Bonchev–Trinajstić information content (AvgIpc) is 2.82. The number of nitrogens with zero attached hydrogens (tertiary/aromatic N) is 1. The largest absolute Gasteiger partial charge is 0.480 e. The highest BCUT2D eigenvalue weighted by Crippen LogP contribution is 2.21. The Balaban J connectivity index is 2.54. The second kappa shape index (κ2) is 8.11. The number of nitrogens with one attached hydrogen (secondary N) is 2. The number of thiazole rings is 1. The van der Waals surface area contributed by atoms with Crippen molar-refractivity contribution in [3.63, 3.8) is 0 Å². The number of amides is 2. The standard InChI is InChI=1S/C12H19N3O3S2/c1-7(2)9-6-20-12(14-9)15-11(18)13-8(10(16)17)4-5-19-3/h6-8H,4-5H2,1-3H3,(H,16,17)(H2,13,14,15,18)/t8-/m1/s1. The molecule has 3 N–H and O–H groups in total. The number of aromatic nitrogens is 1. The molecule has 8 heteroatoms. The van der Waals surface area contributed by atoms with Crippen LogP contribution in [0.4, 0.5) is 9.93 Å². The van der Waals surface area contributed by atoms with Crippen LogP contribution in [0.3, 0.4) is 0 Å². The number of thioether (sulfide) groups is 1. The third kappa shape index (κ3) is 5.38. The van der Waals surface area contributed by atoms with E-state index in [0.717, 1.165) is 5.69 Å². The lowest BCUT2D eigenvalue weighted by molar-refractivity contribution is -0.139. The van der Waals surface area contributed by atoms with Gasteiger partial charge in [-0.15, -0.1) is 11.3 Å². The summed E-state index contributed by atoms with van der Waals surface area (Å²) in [4.78, 5) is 27.0. The van der Waals surface area contributed by atoms with Crippen molar-refractivity contribution < 1.29 is 14.7 Å². The number of hydrogen-bond acceptors (Lipinski definition) is 5. The van der Waals surface area contributed by atoms with Crippen LogP contribution in [-0.4, -0.2) is 40.1 Å². The highest BCUT2D eigenvalue weighted by Gasteiger charge is 2.19. The van der Waals surface area contributed by atoms with Gasteiger partial charge in [0.2, 0.25) is 0 Å². The topological polar surface area (TPSA) is 91.3 Å². The van der Waals surface area contributed by atoms with E-state index in [-0.39, 0.29) is 0 Å². The fourth-order valence-electron chi connectivity index (χ4n) is 1.39. The molecular weight excluding hydrogens is 298 g/mol. The molecule has 0 saturated heterocycles. The van der Waals surface area contributed by atoms with Crippen molar-refractivity contribution in [2.24, 2.45) is 0 Å². The number of carbonyl (C=O) groups excluding carboxylic acids is 1. The molecule has 0 aromatic carbocycles. The van der Waals surface area contributed by atoms with Crippen LogP contribution >= 0.6 is 23.1 Å². The van der Waals surface area contributed by atoms with Crippen molar-refractivity contribution in [2.75, 3.05) is 17.3 Å². The summed E-state index contributed by atoms with van der Waals surface area (Å²) in [5, 5.41) is 16.4. The molecule has 0 aliphatic heterocycles. The van der Waals surface area contributed by atoms with E-state index in [1.807, 2.05) is 25.5 Å². The van der Waals surface area contributed by atoms with Crippen LogP contribution in [0.2, 0.25) is 0 Å². The van der Waals surface area contributed by atoms with E-state index >= 15 is 0 Å².